The van der Waals surface area contributed by atoms with Crippen LogP contribution >= 0.6 is 0 Å². The summed E-state index contributed by atoms with van der Waals surface area (Å²) in [4.78, 5) is 34.4. The third kappa shape index (κ3) is 6.10. The standard InChI is InChI=1S/C27H33F3N4O5/c1-17-18-10-13-34(20(18)8-9-21(17)39-15-7-6-14-38-2)25-31-16-19(22(32-25)27(28,29)30)23(35)33-26(24(36)37)11-4-3-5-12-26/h8-9,16H,3-7,10-15H2,1-2H3,(H,33,35)(H,36,37). The Labute approximate surface area is 224 Å². The molecule has 1 saturated carbocycles. The second-order valence-electron chi connectivity index (χ2n) is 9.97. The fraction of sp³-hybridized carbons (Fsp3) is 0.556. The number of carbonyl (C=O) groups is 2. The van der Waals surface area contributed by atoms with Crippen LogP contribution in [0.15, 0.2) is 18.3 Å². The van der Waals surface area contributed by atoms with Gasteiger partial charge in [-0.15, -0.1) is 0 Å². The minimum atomic E-state index is -4.95. The Balaban J connectivity index is 1.58. The van der Waals surface area contributed by atoms with Crippen LogP contribution in [-0.2, 0) is 22.1 Å². The van der Waals surface area contributed by atoms with Crippen LogP contribution in [0.25, 0.3) is 0 Å². The number of hydrogen-bond donors (Lipinski definition) is 2. The predicted molar refractivity (Wildman–Crippen MR) is 136 cm³/mol. The molecule has 212 valence electrons. The van der Waals surface area contributed by atoms with Crippen molar-refractivity contribution in [3.05, 3.63) is 40.7 Å². The predicted octanol–water partition coefficient (Wildman–Crippen LogP) is 4.82. The summed E-state index contributed by atoms with van der Waals surface area (Å²) in [6.45, 7) is 3.45. The fourth-order valence-corrected chi connectivity index (χ4v) is 5.25. The van der Waals surface area contributed by atoms with E-state index < -0.39 is 34.8 Å². The maximum absolute atomic E-state index is 14.1. The number of hydrogen-bond acceptors (Lipinski definition) is 7. The number of ether oxygens (including phenoxy) is 2. The average Bonchev–Trinajstić information content (AvgIpc) is 3.34. The molecular formula is C27H33F3N4O5. The monoisotopic (exact) mass is 550 g/mol. The molecule has 1 aliphatic carbocycles. The zero-order valence-electron chi connectivity index (χ0n) is 22.1. The number of amides is 1. The molecule has 0 spiro atoms. The maximum Gasteiger partial charge on any atom is 0.434 e. The summed E-state index contributed by atoms with van der Waals surface area (Å²) in [6.07, 6.45) is 0.370. The van der Waals surface area contributed by atoms with Crippen LogP contribution < -0.4 is 15.0 Å². The van der Waals surface area contributed by atoms with Crippen LogP contribution in [0.5, 0.6) is 5.75 Å². The van der Waals surface area contributed by atoms with Crippen LogP contribution in [-0.4, -0.2) is 59.4 Å². The lowest BCUT2D eigenvalue weighted by Gasteiger charge is -2.34. The summed E-state index contributed by atoms with van der Waals surface area (Å²) in [6, 6.07) is 3.56. The molecule has 0 saturated heterocycles. The van der Waals surface area contributed by atoms with E-state index >= 15 is 0 Å². The first kappa shape index (κ1) is 28.6. The number of nitrogens with one attached hydrogen (secondary N) is 1. The van der Waals surface area contributed by atoms with Gasteiger partial charge in [-0.2, -0.15) is 13.2 Å². The van der Waals surface area contributed by atoms with Crippen LogP contribution in [0, 0.1) is 6.92 Å². The molecule has 2 N–H and O–H groups in total. The first-order chi connectivity index (χ1) is 18.6. The molecule has 1 aliphatic heterocycles. The minimum Gasteiger partial charge on any atom is -0.493 e. The third-order valence-electron chi connectivity index (χ3n) is 7.40. The van der Waals surface area contributed by atoms with Gasteiger partial charge in [-0.05, 0) is 62.3 Å². The van der Waals surface area contributed by atoms with Gasteiger partial charge >= 0.3 is 12.1 Å². The zero-order chi connectivity index (χ0) is 28.2. The van der Waals surface area contributed by atoms with E-state index in [9.17, 15) is 27.9 Å². The lowest BCUT2D eigenvalue weighted by Crippen LogP contribution is -2.55. The van der Waals surface area contributed by atoms with Crippen LogP contribution in [0.1, 0.15) is 72.1 Å². The molecule has 0 unspecified atom stereocenters. The van der Waals surface area contributed by atoms with Crippen LogP contribution in [0.4, 0.5) is 24.8 Å². The van der Waals surface area contributed by atoms with Gasteiger partial charge in [-0.3, -0.25) is 4.79 Å². The number of aromatic nitrogens is 2. The van der Waals surface area contributed by atoms with E-state index in [1.54, 1.807) is 24.1 Å². The molecule has 2 aliphatic rings. The number of alkyl halides is 3. The molecule has 1 fully saturated rings. The van der Waals surface area contributed by atoms with Crippen LogP contribution in [0.3, 0.4) is 0 Å². The molecule has 0 atom stereocenters. The molecule has 0 bridgehead atoms. The Hall–Kier alpha value is -3.41. The van der Waals surface area contributed by atoms with Crippen molar-refractivity contribution in [3.8, 4) is 5.75 Å². The molecular weight excluding hydrogens is 517 g/mol. The zero-order valence-corrected chi connectivity index (χ0v) is 22.1. The maximum atomic E-state index is 14.1. The highest BCUT2D eigenvalue weighted by Gasteiger charge is 2.44. The van der Waals surface area contributed by atoms with Crippen molar-refractivity contribution in [1.82, 2.24) is 15.3 Å². The van der Waals surface area contributed by atoms with Gasteiger partial charge in [0, 0.05) is 32.1 Å². The summed E-state index contributed by atoms with van der Waals surface area (Å²) in [5.74, 6) is -1.88. The SMILES string of the molecule is COCCCCOc1ccc2c(c1C)CCN2c1ncc(C(=O)NC2(C(=O)O)CCCCC2)c(C(F)(F)F)n1. The van der Waals surface area contributed by atoms with Crippen molar-refractivity contribution in [1.29, 1.82) is 0 Å². The Morgan fingerprint density at radius 2 is 1.87 bits per heavy atom. The van der Waals surface area contributed by atoms with Gasteiger partial charge in [0.2, 0.25) is 5.95 Å². The van der Waals surface area contributed by atoms with E-state index in [0.717, 1.165) is 36.6 Å². The molecule has 1 amide bonds. The van der Waals surface area contributed by atoms with Crippen molar-refractivity contribution in [2.45, 2.75) is 70.0 Å². The summed E-state index contributed by atoms with van der Waals surface area (Å²) in [5.41, 5.74) is -1.29. The largest absolute Gasteiger partial charge is 0.493 e. The number of aliphatic carboxylic acids is 1. The smallest absolute Gasteiger partial charge is 0.434 e. The van der Waals surface area contributed by atoms with E-state index in [4.69, 9.17) is 9.47 Å². The van der Waals surface area contributed by atoms with Gasteiger partial charge in [0.05, 0.1) is 12.2 Å². The molecule has 2 heterocycles. The van der Waals surface area contributed by atoms with Crippen molar-refractivity contribution in [3.63, 3.8) is 0 Å². The minimum absolute atomic E-state index is 0.150. The Morgan fingerprint density at radius 1 is 1.15 bits per heavy atom. The Kier molecular flexibility index (Phi) is 8.63. The number of unbranched alkanes of at least 4 members (excludes halogenated alkanes) is 1. The van der Waals surface area contributed by atoms with E-state index in [1.807, 2.05) is 6.92 Å². The first-order valence-corrected chi connectivity index (χ1v) is 13.1. The lowest BCUT2D eigenvalue weighted by atomic mass is 9.81. The molecule has 1 aromatic heterocycles. The molecule has 9 nitrogen and oxygen atoms in total. The van der Waals surface area contributed by atoms with Crippen molar-refractivity contribution >= 4 is 23.5 Å². The van der Waals surface area contributed by atoms with Gasteiger partial charge in [-0.1, -0.05) is 19.3 Å². The second-order valence-corrected chi connectivity index (χ2v) is 9.97. The number of fused-ring (bicyclic) bond motifs is 1. The normalized spacial score (nSPS) is 16.6. The summed E-state index contributed by atoms with van der Waals surface area (Å²) >= 11 is 0. The molecule has 1 aromatic carbocycles. The highest BCUT2D eigenvalue weighted by molar-refractivity contribution is 5.98. The van der Waals surface area contributed by atoms with Gasteiger partial charge in [0.1, 0.15) is 11.3 Å². The van der Waals surface area contributed by atoms with E-state index in [2.05, 4.69) is 15.3 Å². The molecule has 0 radical (unpaired) electrons. The number of carboxylic acids is 1. The third-order valence-corrected chi connectivity index (χ3v) is 7.40. The molecule has 39 heavy (non-hydrogen) atoms. The summed E-state index contributed by atoms with van der Waals surface area (Å²) < 4.78 is 53.2. The van der Waals surface area contributed by atoms with E-state index in [0.29, 0.717) is 50.5 Å². The Bertz CT molecular complexity index is 1210. The highest BCUT2D eigenvalue weighted by Crippen LogP contribution is 2.40. The number of anilines is 2. The average molecular weight is 551 g/mol. The number of nitrogens with zero attached hydrogens (tertiary/aromatic N) is 3. The fourth-order valence-electron chi connectivity index (χ4n) is 5.25. The van der Waals surface area contributed by atoms with Gasteiger partial charge in [-0.25, -0.2) is 14.8 Å². The molecule has 2 aromatic rings. The lowest BCUT2D eigenvalue weighted by molar-refractivity contribution is -0.145. The van der Waals surface area contributed by atoms with E-state index in [-0.39, 0.29) is 18.8 Å². The number of carboxylic acid groups (broad SMARTS) is 1. The number of rotatable bonds is 10. The van der Waals surface area contributed by atoms with Crippen molar-refractivity contribution in [2.75, 3.05) is 31.8 Å². The topological polar surface area (TPSA) is 114 Å². The number of methoxy groups -OCH3 is 1. The number of carbonyl (C=O) groups excluding carboxylic acids is 1. The van der Waals surface area contributed by atoms with Crippen molar-refractivity contribution < 1.29 is 37.3 Å². The quantitative estimate of drug-likeness (QED) is 0.405. The molecule has 12 heteroatoms. The van der Waals surface area contributed by atoms with E-state index in [1.165, 1.54) is 0 Å². The van der Waals surface area contributed by atoms with Gasteiger partial charge < -0.3 is 24.8 Å². The van der Waals surface area contributed by atoms with Gasteiger partial charge in [0.15, 0.2) is 5.69 Å². The second kappa shape index (κ2) is 11.8. The van der Waals surface area contributed by atoms with Gasteiger partial charge in [0.25, 0.3) is 5.91 Å². The summed E-state index contributed by atoms with van der Waals surface area (Å²) in [5, 5.41) is 12.1. The Morgan fingerprint density at radius 3 is 2.54 bits per heavy atom. The number of benzene rings is 1. The number of halogens is 3. The highest BCUT2D eigenvalue weighted by atomic mass is 19.4. The molecule has 4 rings (SSSR count). The summed E-state index contributed by atoms with van der Waals surface area (Å²) in [7, 11) is 1.65. The first-order valence-electron chi connectivity index (χ1n) is 13.1. The van der Waals surface area contributed by atoms with Crippen LogP contribution in [0.2, 0.25) is 0 Å². The van der Waals surface area contributed by atoms with Crippen molar-refractivity contribution in [2.24, 2.45) is 0 Å².